The normalized spacial score (nSPS) is 14.4. The fourth-order valence-electron chi connectivity index (χ4n) is 2.36. The number of imide groups is 1. The summed E-state index contributed by atoms with van der Waals surface area (Å²) in [6.45, 7) is 5.50. The van der Waals surface area contributed by atoms with Crippen LogP contribution in [0, 0.1) is 13.8 Å². The summed E-state index contributed by atoms with van der Waals surface area (Å²) in [6.07, 6.45) is 1.44. The first kappa shape index (κ1) is 14.2. The molecule has 112 valence electrons. The molecular weight excluding hydrogens is 280 g/mol. The van der Waals surface area contributed by atoms with E-state index in [9.17, 15) is 9.59 Å². The van der Waals surface area contributed by atoms with Crippen LogP contribution in [0.3, 0.4) is 0 Å². The number of rotatable bonds is 2. The second kappa shape index (κ2) is 5.22. The summed E-state index contributed by atoms with van der Waals surface area (Å²) in [5.74, 6) is -0.546. The first-order valence-corrected chi connectivity index (χ1v) is 6.99. The Morgan fingerprint density at radius 3 is 2.50 bits per heavy atom. The fourth-order valence-corrected chi connectivity index (χ4v) is 2.36. The van der Waals surface area contributed by atoms with Crippen LogP contribution in [0.5, 0.6) is 0 Å². The van der Waals surface area contributed by atoms with Crippen molar-refractivity contribution in [2.24, 2.45) is 0 Å². The number of hydrogen-bond donors (Lipinski definition) is 1. The molecule has 1 N–H and O–H groups in total. The zero-order valence-corrected chi connectivity index (χ0v) is 12.7. The van der Waals surface area contributed by atoms with Crippen molar-refractivity contribution in [2.75, 3.05) is 11.9 Å². The summed E-state index contributed by atoms with van der Waals surface area (Å²) in [7, 11) is 0. The lowest BCUT2D eigenvalue weighted by Gasteiger charge is -2.13. The minimum atomic E-state index is -0.290. The molecule has 1 aliphatic heterocycles. The molecule has 0 spiro atoms. The summed E-state index contributed by atoms with van der Waals surface area (Å²) >= 11 is 0. The van der Waals surface area contributed by atoms with E-state index in [4.69, 9.17) is 0 Å². The second-order valence-electron chi connectivity index (χ2n) is 5.34. The van der Waals surface area contributed by atoms with Gasteiger partial charge < -0.3 is 5.32 Å². The van der Waals surface area contributed by atoms with Crippen LogP contribution in [0.15, 0.2) is 30.0 Å². The molecule has 2 amide bonds. The fraction of sp³-hybridized carbons (Fsp3) is 0.250. The number of carbonyl (C=O) groups excluding carboxylic acids is 2. The van der Waals surface area contributed by atoms with Gasteiger partial charge in [0.05, 0.1) is 29.0 Å². The molecule has 2 heterocycles. The van der Waals surface area contributed by atoms with Crippen molar-refractivity contribution in [1.29, 1.82) is 0 Å². The molecular formula is C16H16N4O2. The van der Waals surface area contributed by atoms with E-state index < -0.39 is 0 Å². The van der Waals surface area contributed by atoms with Gasteiger partial charge in [-0.3, -0.25) is 14.5 Å². The van der Waals surface area contributed by atoms with Crippen molar-refractivity contribution in [1.82, 2.24) is 14.9 Å². The summed E-state index contributed by atoms with van der Waals surface area (Å²) in [5, 5.41) is 3.16. The highest BCUT2D eigenvalue weighted by atomic mass is 16.2. The number of nitrogens with zero attached hydrogens (tertiary/aromatic N) is 3. The third kappa shape index (κ3) is 2.55. The molecule has 22 heavy (non-hydrogen) atoms. The zero-order valence-electron chi connectivity index (χ0n) is 12.7. The van der Waals surface area contributed by atoms with E-state index in [1.165, 1.54) is 17.9 Å². The van der Waals surface area contributed by atoms with Crippen LogP contribution in [0.25, 0.3) is 11.0 Å². The second-order valence-corrected chi connectivity index (χ2v) is 5.34. The van der Waals surface area contributed by atoms with E-state index in [1.54, 1.807) is 0 Å². The van der Waals surface area contributed by atoms with Crippen LogP contribution in [-0.2, 0) is 9.59 Å². The maximum Gasteiger partial charge on any atom is 0.255 e. The quantitative estimate of drug-likeness (QED) is 0.916. The first-order chi connectivity index (χ1) is 10.4. The Morgan fingerprint density at radius 1 is 1.18 bits per heavy atom. The largest absolute Gasteiger partial charge is 0.357 e. The van der Waals surface area contributed by atoms with E-state index in [0.29, 0.717) is 5.70 Å². The van der Waals surface area contributed by atoms with Crippen LogP contribution in [0.4, 0.5) is 5.69 Å². The van der Waals surface area contributed by atoms with Gasteiger partial charge in [-0.2, -0.15) is 0 Å². The number of anilines is 1. The molecule has 0 fully saturated rings. The molecule has 2 aromatic rings. The number of aryl methyl sites for hydroxylation is 2. The molecule has 0 radical (unpaired) electrons. The molecule has 3 rings (SSSR count). The molecule has 0 aliphatic carbocycles. The van der Waals surface area contributed by atoms with Crippen LogP contribution in [0.2, 0.25) is 0 Å². The van der Waals surface area contributed by atoms with Gasteiger partial charge in [-0.25, -0.2) is 9.97 Å². The van der Waals surface area contributed by atoms with Gasteiger partial charge in [0.1, 0.15) is 0 Å². The number of carbonyl (C=O) groups is 2. The first-order valence-electron chi connectivity index (χ1n) is 6.99. The van der Waals surface area contributed by atoms with Gasteiger partial charge in [0.15, 0.2) is 0 Å². The molecule has 6 heteroatoms. The van der Waals surface area contributed by atoms with Crippen LogP contribution in [0.1, 0.15) is 18.3 Å². The molecule has 0 unspecified atom stereocenters. The summed E-state index contributed by atoms with van der Waals surface area (Å²) in [6, 6.07) is 5.65. The molecule has 0 bridgehead atoms. The van der Waals surface area contributed by atoms with E-state index in [1.807, 2.05) is 32.0 Å². The number of nitrogens with one attached hydrogen (secondary N) is 1. The van der Waals surface area contributed by atoms with Crippen molar-refractivity contribution in [3.05, 3.63) is 41.4 Å². The Morgan fingerprint density at radius 2 is 1.86 bits per heavy atom. The van der Waals surface area contributed by atoms with Crippen LogP contribution >= 0.6 is 0 Å². The van der Waals surface area contributed by atoms with Crippen molar-refractivity contribution in [2.45, 2.75) is 20.8 Å². The van der Waals surface area contributed by atoms with Gasteiger partial charge in [-0.05, 0) is 32.0 Å². The number of benzene rings is 1. The Bertz CT molecular complexity index is 826. The van der Waals surface area contributed by atoms with Gasteiger partial charge in [-0.1, -0.05) is 0 Å². The van der Waals surface area contributed by atoms with Crippen molar-refractivity contribution in [3.63, 3.8) is 0 Å². The van der Waals surface area contributed by atoms with Crippen LogP contribution < -0.4 is 5.32 Å². The van der Waals surface area contributed by atoms with Gasteiger partial charge >= 0.3 is 0 Å². The van der Waals surface area contributed by atoms with E-state index in [2.05, 4.69) is 15.3 Å². The molecule has 1 aromatic heterocycles. The highest BCUT2D eigenvalue weighted by Crippen LogP contribution is 2.20. The lowest BCUT2D eigenvalue weighted by atomic mass is 10.2. The van der Waals surface area contributed by atoms with Gasteiger partial charge in [0.25, 0.3) is 5.91 Å². The summed E-state index contributed by atoms with van der Waals surface area (Å²) in [5.41, 5.74) is 4.93. The SMILES string of the molecule is CC(=O)N1CC(Nc2ccc3nc(C)c(C)nc3c2)=CC1=O. The minimum Gasteiger partial charge on any atom is -0.357 e. The van der Waals surface area contributed by atoms with Crippen molar-refractivity contribution in [3.8, 4) is 0 Å². The lowest BCUT2D eigenvalue weighted by molar-refractivity contribution is -0.138. The standard InChI is InChI=1S/C16H16N4O2/c1-9-10(2)18-15-6-12(4-5-14(15)17-9)19-13-7-16(22)20(8-13)11(3)21/h4-7,19H,8H2,1-3H3. The highest BCUT2D eigenvalue weighted by molar-refractivity contribution is 6.03. The molecule has 6 nitrogen and oxygen atoms in total. The van der Waals surface area contributed by atoms with E-state index in [0.717, 1.165) is 28.1 Å². The van der Waals surface area contributed by atoms with Crippen molar-refractivity contribution < 1.29 is 9.59 Å². The van der Waals surface area contributed by atoms with E-state index in [-0.39, 0.29) is 18.4 Å². The van der Waals surface area contributed by atoms with Gasteiger partial charge in [-0.15, -0.1) is 0 Å². The number of hydrogen-bond acceptors (Lipinski definition) is 5. The average molecular weight is 296 g/mol. The Kier molecular flexibility index (Phi) is 3.36. The lowest BCUT2D eigenvalue weighted by Crippen LogP contribution is -2.31. The molecule has 1 aromatic carbocycles. The summed E-state index contributed by atoms with van der Waals surface area (Å²) < 4.78 is 0. The molecule has 0 saturated carbocycles. The summed E-state index contributed by atoms with van der Waals surface area (Å²) in [4.78, 5) is 33.2. The Hall–Kier alpha value is -2.76. The molecule has 0 atom stereocenters. The average Bonchev–Trinajstić information content (AvgIpc) is 2.81. The smallest absolute Gasteiger partial charge is 0.255 e. The predicted octanol–water partition coefficient (Wildman–Crippen LogP) is 1.93. The number of amides is 2. The predicted molar refractivity (Wildman–Crippen MR) is 83.1 cm³/mol. The number of aromatic nitrogens is 2. The Balaban J connectivity index is 1.86. The zero-order chi connectivity index (χ0) is 15.9. The van der Waals surface area contributed by atoms with Gasteiger partial charge in [0, 0.05) is 24.4 Å². The molecule has 1 aliphatic rings. The minimum absolute atomic E-state index is 0.256. The maximum atomic E-state index is 11.7. The highest BCUT2D eigenvalue weighted by Gasteiger charge is 2.24. The monoisotopic (exact) mass is 296 g/mol. The van der Waals surface area contributed by atoms with E-state index >= 15 is 0 Å². The Labute approximate surface area is 127 Å². The van der Waals surface area contributed by atoms with Gasteiger partial charge in [0.2, 0.25) is 5.91 Å². The topological polar surface area (TPSA) is 75.2 Å². The third-order valence-electron chi connectivity index (χ3n) is 3.65. The third-order valence-corrected chi connectivity index (χ3v) is 3.65. The molecule has 0 saturated heterocycles. The van der Waals surface area contributed by atoms with Crippen molar-refractivity contribution >= 4 is 28.5 Å². The number of fused-ring (bicyclic) bond motifs is 1. The maximum absolute atomic E-state index is 11.7. The van der Waals surface area contributed by atoms with Crippen LogP contribution in [-0.4, -0.2) is 33.2 Å².